The maximum Gasteiger partial charge on any atom is 0.311 e. The van der Waals surface area contributed by atoms with Crippen LogP contribution >= 0.6 is 0 Å². The molecule has 0 aliphatic rings. The Hall–Kier alpha value is -2.53. The van der Waals surface area contributed by atoms with Gasteiger partial charge in [-0.05, 0) is 43.8 Å². The number of hydrogen-bond donors (Lipinski definition) is 1. The Kier molecular flexibility index (Phi) is 6.83. The molecule has 0 amide bonds. The fourth-order valence-electron chi connectivity index (χ4n) is 2.57. The van der Waals surface area contributed by atoms with Gasteiger partial charge in [-0.1, -0.05) is 36.4 Å². The van der Waals surface area contributed by atoms with Gasteiger partial charge in [0.2, 0.25) is 0 Å². The number of hydrogen-bond acceptors (Lipinski definition) is 4. The van der Waals surface area contributed by atoms with Gasteiger partial charge >= 0.3 is 5.97 Å². The van der Waals surface area contributed by atoms with Gasteiger partial charge in [0.05, 0.1) is 13.0 Å². The Morgan fingerprint density at radius 3 is 2.44 bits per heavy atom. The fourth-order valence-corrected chi connectivity index (χ4v) is 2.57. The topological polar surface area (TPSA) is 59.0 Å². The van der Waals surface area contributed by atoms with Crippen LogP contribution in [0.3, 0.4) is 0 Å². The highest BCUT2D eigenvalue weighted by Crippen LogP contribution is 2.30. The zero-order valence-electron chi connectivity index (χ0n) is 14.9. The lowest BCUT2D eigenvalue weighted by atomic mass is 9.92. The molecule has 0 bridgehead atoms. The number of carbonyl (C=O) groups is 1. The van der Waals surface area contributed by atoms with Crippen LogP contribution in [0.5, 0.6) is 11.5 Å². The van der Waals surface area contributed by atoms with Crippen LogP contribution in [0.1, 0.15) is 17.0 Å². The second-order valence-electron chi connectivity index (χ2n) is 6.14. The number of carboxylic acids is 1. The third-order valence-electron chi connectivity index (χ3n) is 3.96. The van der Waals surface area contributed by atoms with Gasteiger partial charge in [-0.25, -0.2) is 0 Å². The summed E-state index contributed by atoms with van der Waals surface area (Å²) in [7, 11) is 5.56. The van der Waals surface area contributed by atoms with Crippen LogP contribution < -0.4 is 9.47 Å². The Bertz CT molecular complexity index is 685. The first-order chi connectivity index (χ1) is 12.0. The molecule has 0 saturated heterocycles. The van der Waals surface area contributed by atoms with E-state index < -0.39 is 11.9 Å². The van der Waals surface area contributed by atoms with Crippen LogP contribution in [0.25, 0.3) is 0 Å². The van der Waals surface area contributed by atoms with Crippen molar-refractivity contribution < 1.29 is 19.4 Å². The fraction of sp³-hybridized carbons (Fsp3) is 0.350. The minimum Gasteiger partial charge on any atom is -0.493 e. The van der Waals surface area contributed by atoms with E-state index in [0.717, 1.165) is 17.7 Å². The molecular formula is C20H25NO4. The van der Waals surface area contributed by atoms with E-state index in [9.17, 15) is 9.90 Å². The standard InChI is InChI=1S/C20H25NO4/c1-21(2)11-12-25-19-14-15(9-10-18(19)24-3)13-17(20(22)23)16-7-5-4-6-8-16/h4-10,14,17H,11-13H2,1-3H3,(H,22,23). The highest BCUT2D eigenvalue weighted by Gasteiger charge is 2.21. The van der Waals surface area contributed by atoms with E-state index in [1.807, 2.05) is 67.5 Å². The molecule has 0 fully saturated rings. The van der Waals surface area contributed by atoms with Gasteiger partial charge in [0.15, 0.2) is 11.5 Å². The number of nitrogens with zero attached hydrogens (tertiary/aromatic N) is 1. The van der Waals surface area contributed by atoms with Gasteiger partial charge in [0.1, 0.15) is 6.61 Å². The quantitative estimate of drug-likeness (QED) is 0.758. The second-order valence-corrected chi connectivity index (χ2v) is 6.14. The maximum atomic E-state index is 11.7. The average molecular weight is 343 g/mol. The van der Waals surface area contributed by atoms with E-state index in [1.165, 1.54) is 0 Å². The predicted molar refractivity (Wildman–Crippen MR) is 97.6 cm³/mol. The summed E-state index contributed by atoms with van der Waals surface area (Å²) in [6.07, 6.45) is 0.396. The van der Waals surface area contributed by atoms with Crippen LogP contribution in [-0.2, 0) is 11.2 Å². The average Bonchev–Trinajstić information content (AvgIpc) is 2.60. The Labute approximate surface area is 148 Å². The zero-order chi connectivity index (χ0) is 18.2. The van der Waals surface area contributed by atoms with Crippen molar-refractivity contribution in [2.24, 2.45) is 0 Å². The zero-order valence-corrected chi connectivity index (χ0v) is 14.9. The molecule has 0 radical (unpaired) electrons. The van der Waals surface area contributed by atoms with Gasteiger partial charge in [0, 0.05) is 6.54 Å². The minimum atomic E-state index is -0.836. The van der Waals surface area contributed by atoms with E-state index in [4.69, 9.17) is 9.47 Å². The van der Waals surface area contributed by atoms with E-state index in [1.54, 1.807) is 7.11 Å². The Morgan fingerprint density at radius 2 is 1.84 bits per heavy atom. The summed E-state index contributed by atoms with van der Waals surface area (Å²) in [4.78, 5) is 13.7. The first kappa shape index (κ1) is 18.8. The third-order valence-corrected chi connectivity index (χ3v) is 3.96. The monoisotopic (exact) mass is 343 g/mol. The van der Waals surface area contributed by atoms with Crippen LogP contribution in [0.2, 0.25) is 0 Å². The molecule has 0 aliphatic heterocycles. The third kappa shape index (κ3) is 5.50. The second kappa shape index (κ2) is 9.08. The lowest BCUT2D eigenvalue weighted by molar-refractivity contribution is -0.138. The lowest BCUT2D eigenvalue weighted by Crippen LogP contribution is -2.19. The molecule has 0 aliphatic carbocycles. The number of carboxylic acid groups (broad SMARTS) is 1. The predicted octanol–water partition coefficient (Wildman–Crippen LogP) is 3.05. The molecular weight excluding hydrogens is 318 g/mol. The number of methoxy groups -OCH3 is 1. The van der Waals surface area contributed by atoms with Crippen molar-refractivity contribution in [3.05, 3.63) is 59.7 Å². The van der Waals surface area contributed by atoms with E-state index in [-0.39, 0.29) is 0 Å². The number of ether oxygens (including phenoxy) is 2. The molecule has 0 heterocycles. The molecule has 5 nitrogen and oxygen atoms in total. The van der Waals surface area contributed by atoms with Crippen molar-refractivity contribution >= 4 is 5.97 Å². The first-order valence-electron chi connectivity index (χ1n) is 8.23. The molecule has 5 heteroatoms. The number of likely N-dealkylation sites (N-methyl/N-ethyl adjacent to an activating group) is 1. The number of benzene rings is 2. The van der Waals surface area contributed by atoms with Crippen molar-refractivity contribution in [3.8, 4) is 11.5 Å². The van der Waals surface area contributed by atoms with Crippen LogP contribution in [0.4, 0.5) is 0 Å². The molecule has 1 atom stereocenters. The van der Waals surface area contributed by atoms with Crippen molar-refractivity contribution in [1.82, 2.24) is 4.90 Å². The normalized spacial score (nSPS) is 12.0. The summed E-state index contributed by atoms with van der Waals surface area (Å²) in [5.74, 6) is -0.144. The molecule has 134 valence electrons. The van der Waals surface area contributed by atoms with Crippen LogP contribution in [-0.4, -0.2) is 50.3 Å². The molecule has 2 aromatic carbocycles. The summed E-state index contributed by atoms with van der Waals surface area (Å²) in [6.45, 7) is 1.32. The van der Waals surface area contributed by atoms with E-state index >= 15 is 0 Å². The van der Waals surface area contributed by atoms with Crippen LogP contribution in [0, 0.1) is 0 Å². The number of rotatable bonds is 9. The summed E-state index contributed by atoms with van der Waals surface area (Å²) in [5.41, 5.74) is 1.69. The smallest absolute Gasteiger partial charge is 0.311 e. The van der Waals surface area contributed by atoms with Crippen LogP contribution in [0.15, 0.2) is 48.5 Å². The van der Waals surface area contributed by atoms with Crippen molar-refractivity contribution in [1.29, 1.82) is 0 Å². The Balaban J connectivity index is 2.18. The summed E-state index contributed by atoms with van der Waals surface area (Å²) >= 11 is 0. The molecule has 0 aromatic heterocycles. The van der Waals surface area contributed by atoms with Gasteiger partial charge in [-0.3, -0.25) is 4.79 Å². The van der Waals surface area contributed by atoms with Gasteiger partial charge in [-0.15, -0.1) is 0 Å². The highest BCUT2D eigenvalue weighted by molar-refractivity contribution is 5.76. The largest absolute Gasteiger partial charge is 0.493 e. The van der Waals surface area contributed by atoms with Gasteiger partial charge in [-0.2, -0.15) is 0 Å². The van der Waals surface area contributed by atoms with Gasteiger partial charge < -0.3 is 19.5 Å². The lowest BCUT2D eigenvalue weighted by Gasteiger charge is -2.16. The Morgan fingerprint density at radius 1 is 1.12 bits per heavy atom. The number of aliphatic carboxylic acids is 1. The molecule has 2 rings (SSSR count). The summed E-state index contributed by atoms with van der Waals surface area (Å²) < 4.78 is 11.2. The van der Waals surface area contributed by atoms with Crippen molar-refractivity contribution in [3.63, 3.8) is 0 Å². The molecule has 0 spiro atoms. The molecule has 25 heavy (non-hydrogen) atoms. The molecule has 1 N–H and O–H groups in total. The molecule has 0 saturated carbocycles. The minimum absolute atomic E-state index is 0.396. The molecule has 1 unspecified atom stereocenters. The SMILES string of the molecule is COc1ccc(CC(C(=O)O)c2ccccc2)cc1OCCN(C)C. The van der Waals surface area contributed by atoms with Crippen molar-refractivity contribution in [2.45, 2.75) is 12.3 Å². The maximum absolute atomic E-state index is 11.7. The van der Waals surface area contributed by atoms with Crippen molar-refractivity contribution in [2.75, 3.05) is 34.4 Å². The van der Waals surface area contributed by atoms with Gasteiger partial charge in [0.25, 0.3) is 0 Å². The first-order valence-corrected chi connectivity index (χ1v) is 8.23. The summed E-state index contributed by atoms with van der Waals surface area (Å²) in [5, 5.41) is 9.60. The molecule has 2 aromatic rings. The summed E-state index contributed by atoms with van der Waals surface area (Å²) in [6, 6.07) is 14.9. The van der Waals surface area contributed by atoms with E-state index in [2.05, 4.69) is 0 Å². The van der Waals surface area contributed by atoms with E-state index in [0.29, 0.717) is 24.5 Å². The highest BCUT2D eigenvalue weighted by atomic mass is 16.5.